The van der Waals surface area contributed by atoms with Crippen molar-refractivity contribution in [3.05, 3.63) is 12.4 Å². The lowest BCUT2D eigenvalue weighted by Crippen LogP contribution is -2.24. The Hall–Kier alpha value is -1.52. The molecule has 0 spiro atoms. The van der Waals surface area contributed by atoms with Crippen LogP contribution in [0.2, 0.25) is 0 Å². The van der Waals surface area contributed by atoms with Crippen LogP contribution in [0.4, 0.5) is 5.69 Å². The second-order valence-corrected chi connectivity index (χ2v) is 5.24. The zero-order chi connectivity index (χ0) is 11.8. The van der Waals surface area contributed by atoms with Crippen molar-refractivity contribution in [2.45, 2.75) is 38.3 Å². The van der Waals surface area contributed by atoms with Crippen molar-refractivity contribution in [2.75, 3.05) is 5.32 Å². The minimum absolute atomic E-state index is 0.152. The predicted octanol–water partition coefficient (Wildman–Crippen LogP) is 0.969. The Labute approximate surface area is 100 Å². The normalized spacial score (nSPS) is 19.6. The van der Waals surface area contributed by atoms with Gasteiger partial charge in [0.25, 0.3) is 0 Å². The van der Waals surface area contributed by atoms with Crippen LogP contribution >= 0.6 is 0 Å². The van der Waals surface area contributed by atoms with Crippen LogP contribution in [-0.2, 0) is 11.3 Å². The highest BCUT2D eigenvalue weighted by Gasteiger charge is 2.41. The zero-order valence-electron chi connectivity index (χ0n) is 9.80. The molecule has 1 aromatic heterocycles. The molecule has 1 amide bonds. The first-order valence-corrected chi connectivity index (χ1v) is 6.29. The molecule has 3 rings (SSSR count). The molecule has 0 radical (unpaired) electrons. The maximum Gasteiger partial charge on any atom is 0.239 e. The maximum atomic E-state index is 10.8. The van der Waals surface area contributed by atoms with E-state index in [0.717, 1.165) is 17.5 Å². The van der Waals surface area contributed by atoms with Gasteiger partial charge >= 0.3 is 0 Å². The van der Waals surface area contributed by atoms with Crippen molar-refractivity contribution in [1.29, 1.82) is 0 Å². The van der Waals surface area contributed by atoms with Crippen molar-refractivity contribution in [2.24, 2.45) is 17.6 Å². The van der Waals surface area contributed by atoms with E-state index in [1.54, 1.807) is 10.9 Å². The largest absolute Gasteiger partial charge is 0.379 e. The van der Waals surface area contributed by atoms with Crippen molar-refractivity contribution in [1.82, 2.24) is 9.78 Å². The number of anilines is 1. The Morgan fingerprint density at radius 1 is 1.47 bits per heavy atom. The second-order valence-electron chi connectivity index (χ2n) is 5.24. The molecule has 2 fully saturated rings. The van der Waals surface area contributed by atoms with Crippen LogP contribution in [0.25, 0.3) is 0 Å². The maximum absolute atomic E-state index is 10.8. The highest BCUT2D eigenvalue weighted by Crippen LogP contribution is 2.45. The predicted molar refractivity (Wildman–Crippen MR) is 64.3 cm³/mol. The topological polar surface area (TPSA) is 72.9 Å². The molecule has 0 unspecified atom stereocenters. The highest BCUT2D eigenvalue weighted by atomic mass is 16.1. The Bertz CT molecular complexity index is 408. The van der Waals surface area contributed by atoms with E-state index in [9.17, 15) is 4.79 Å². The Kier molecular flexibility index (Phi) is 2.53. The van der Waals surface area contributed by atoms with Crippen LogP contribution in [0.15, 0.2) is 12.4 Å². The lowest BCUT2D eigenvalue weighted by Gasteiger charge is -2.17. The smallest absolute Gasteiger partial charge is 0.239 e. The number of carbonyl (C=O) groups excluding carboxylic acids is 1. The number of amides is 1. The summed E-state index contributed by atoms with van der Waals surface area (Å²) in [6.07, 6.45) is 9.05. The minimum atomic E-state index is -0.361. The molecule has 3 N–H and O–H groups in total. The number of nitrogens with one attached hydrogen (secondary N) is 1. The summed E-state index contributed by atoms with van der Waals surface area (Å²) in [6.45, 7) is 0.152. The van der Waals surface area contributed by atoms with E-state index >= 15 is 0 Å². The van der Waals surface area contributed by atoms with Gasteiger partial charge in [0, 0.05) is 12.2 Å². The van der Waals surface area contributed by atoms with Gasteiger partial charge in [-0.1, -0.05) is 0 Å². The molecule has 2 saturated carbocycles. The van der Waals surface area contributed by atoms with Gasteiger partial charge in [-0.15, -0.1) is 0 Å². The lowest BCUT2D eigenvalue weighted by molar-refractivity contribution is -0.118. The molecule has 2 aliphatic rings. The average Bonchev–Trinajstić information content (AvgIpc) is 3.16. The monoisotopic (exact) mass is 234 g/mol. The average molecular weight is 234 g/mol. The molecule has 92 valence electrons. The summed E-state index contributed by atoms with van der Waals surface area (Å²) < 4.78 is 1.58. The molecule has 2 aliphatic carbocycles. The molecule has 17 heavy (non-hydrogen) atoms. The van der Waals surface area contributed by atoms with Gasteiger partial charge in [0.05, 0.1) is 11.9 Å². The number of hydrogen-bond donors (Lipinski definition) is 2. The third-order valence-corrected chi connectivity index (χ3v) is 3.54. The van der Waals surface area contributed by atoms with Gasteiger partial charge in [-0.25, -0.2) is 0 Å². The fourth-order valence-electron chi connectivity index (χ4n) is 2.41. The van der Waals surface area contributed by atoms with Gasteiger partial charge in [0.2, 0.25) is 5.91 Å². The summed E-state index contributed by atoms with van der Waals surface area (Å²) >= 11 is 0. The molecule has 5 heteroatoms. The van der Waals surface area contributed by atoms with Crippen molar-refractivity contribution in [3.8, 4) is 0 Å². The summed E-state index contributed by atoms with van der Waals surface area (Å²) in [5, 5.41) is 7.68. The third kappa shape index (κ3) is 2.60. The van der Waals surface area contributed by atoms with Gasteiger partial charge < -0.3 is 11.1 Å². The van der Waals surface area contributed by atoms with Crippen molar-refractivity contribution >= 4 is 11.6 Å². The van der Waals surface area contributed by atoms with E-state index in [-0.39, 0.29) is 12.5 Å². The molecule has 1 aromatic rings. The molecule has 1 heterocycles. The number of aromatic nitrogens is 2. The summed E-state index contributed by atoms with van der Waals surface area (Å²) in [6, 6.07) is 0.612. The van der Waals surface area contributed by atoms with E-state index in [1.807, 2.05) is 6.20 Å². The molecule has 0 bridgehead atoms. The van der Waals surface area contributed by atoms with Gasteiger partial charge in [-0.05, 0) is 37.5 Å². The van der Waals surface area contributed by atoms with Crippen molar-refractivity contribution in [3.63, 3.8) is 0 Å². The van der Waals surface area contributed by atoms with Gasteiger partial charge in [-0.2, -0.15) is 5.10 Å². The van der Waals surface area contributed by atoms with Crippen molar-refractivity contribution < 1.29 is 4.79 Å². The number of rotatable bonds is 6. The lowest BCUT2D eigenvalue weighted by atomic mass is 10.1. The van der Waals surface area contributed by atoms with E-state index in [0.29, 0.717) is 6.04 Å². The summed E-state index contributed by atoms with van der Waals surface area (Å²) in [7, 11) is 0. The van der Waals surface area contributed by atoms with Crippen LogP contribution in [-0.4, -0.2) is 21.7 Å². The molecule has 5 nitrogen and oxygen atoms in total. The van der Waals surface area contributed by atoms with Crippen LogP contribution in [0.1, 0.15) is 25.7 Å². The van der Waals surface area contributed by atoms with Gasteiger partial charge in [-0.3, -0.25) is 9.48 Å². The number of carbonyl (C=O) groups is 1. The zero-order valence-corrected chi connectivity index (χ0v) is 9.80. The highest BCUT2D eigenvalue weighted by molar-refractivity contribution is 5.73. The molecular weight excluding hydrogens is 216 g/mol. The number of primary amides is 1. The number of hydrogen-bond acceptors (Lipinski definition) is 3. The standard InChI is InChI=1S/C12H18N4O/c13-11(17)7-16-6-10(5-14-16)15-12(8-1-2-8)9-3-4-9/h5-6,8-9,12,15H,1-4,7H2,(H2,13,17). The molecule has 0 aromatic carbocycles. The molecular formula is C12H18N4O. The molecule has 0 saturated heterocycles. The summed E-state index contributed by atoms with van der Waals surface area (Å²) in [5.74, 6) is 1.34. The minimum Gasteiger partial charge on any atom is -0.379 e. The van der Waals surface area contributed by atoms with Gasteiger partial charge in [0.1, 0.15) is 6.54 Å². The first kappa shape index (κ1) is 10.6. The van der Waals surface area contributed by atoms with Crippen LogP contribution in [0.5, 0.6) is 0 Å². The molecule has 0 aliphatic heterocycles. The first-order chi connectivity index (χ1) is 8.22. The fraction of sp³-hybridized carbons (Fsp3) is 0.667. The quantitative estimate of drug-likeness (QED) is 0.770. The van der Waals surface area contributed by atoms with Crippen LogP contribution in [0, 0.1) is 11.8 Å². The van der Waals surface area contributed by atoms with Crippen LogP contribution in [0.3, 0.4) is 0 Å². The third-order valence-electron chi connectivity index (χ3n) is 3.54. The fourth-order valence-corrected chi connectivity index (χ4v) is 2.41. The van der Waals surface area contributed by atoms with Crippen LogP contribution < -0.4 is 11.1 Å². The first-order valence-electron chi connectivity index (χ1n) is 6.29. The van der Waals surface area contributed by atoms with E-state index in [2.05, 4.69) is 10.4 Å². The Balaban J connectivity index is 1.63. The Morgan fingerprint density at radius 3 is 2.65 bits per heavy atom. The van der Waals surface area contributed by atoms with Gasteiger partial charge in [0.15, 0.2) is 0 Å². The van der Waals surface area contributed by atoms with E-state index in [1.165, 1.54) is 25.7 Å². The summed E-state index contributed by atoms with van der Waals surface area (Å²) in [4.78, 5) is 10.8. The van der Waals surface area contributed by atoms with E-state index < -0.39 is 0 Å². The Morgan fingerprint density at radius 2 is 2.12 bits per heavy atom. The number of nitrogens with two attached hydrogens (primary N) is 1. The molecule has 0 atom stereocenters. The SMILES string of the molecule is NC(=O)Cn1cc(NC(C2CC2)C2CC2)cn1. The van der Waals surface area contributed by atoms with E-state index in [4.69, 9.17) is 5.73 Å². The summed E-state index contributed by atoms with van der Waals surface area (Å²) in [5.41, 5.74) is 6.14. The number of nitrogens with zero attached hydrogens (tertiary/aromatic N) is 2. The second kappa shape index (κ2) is 4.05.